The van der Waals surface area contributed by atoms with E-state index in [4.69, 9.17) is 0 Å². The van der Waals surface area contributed by atoms with Crippen LogP contribution in [-0.4, -0.2) is 38.7 Å². The normalized spacial score (nSPS) is 18.2. The predicted octanol–water partition coefficient (Wildman–Crippen LogP) is 2.44. The van der Waals surface area contributed by atoms with Crippen LogP contribution in [0, 0.1) is 12.8 Å². The summed E-state index contributed by atoms with van der Waals surface area (Å²) in [5.41, 5.74) is 2.31. The summed E-state index contributed by atoms with van der Waals surface area (Å²) in [5.74, 6) is 0.481. The summed E-state index contributed by atoms with van der Waals surface area (Å²) >= 11 is 0. The van der Waals surface area contributed by atoms with Crippen molar-refractivity contribution in [2.75, 3.05) is 13.1 Å². The molecule has 0 aliphatic carbocycles. The number of amides is 1. The van der Waals surface area contributed by atoms with Gasteiger partial charge in [0.05, 0.1) is 6.20 Å². The number of carbonyl (C=O) groups excluding carboxylic acids is 1. The van der Waals surface area contributed by atoms with E-state index in [0.717, 1.165) is 47.8 Å². The lowest BCUT2D eigenvalue weighted by Crippen LogP contribution is -2.42. The molecule has 4 rings (SSSR count). The summed E-state index contributed by atoms with van der Waals surface area (Å²) < 4.78 is 1.27. The lowest BCUT2D eigenvalue weighted by Gasteiger charge is -2.30. The molecule has 1 saturated heterocycles. The highest BCUT2D eigenvalue weighted by Gasteiger charge is 2.22. The van der Waals surface area contributed by atoms with Gasteiger partial charge in [0.1, 0.15) is 12.1 Å². The van der Waals surface area contributed by atoms with Gasteiger partial charge in [-0.1, -0.05) is 18.6 Å². The van der Waals surface area contributed by atoms with E-state index < -0.39 is 0 Å². The van der Waals surface area contributed by atoms with Crippen molar-refractivity contribution in [2.45, 2.75) is 33.2 Å². The number of nitrogens with zero attached hydrogens (tertiary/aromatic N) is 3. The van der Waals surface area contributed by atoms with Gasteiger partial charge in [-0.05, 0) is 37.8 Å². The number of aromatic nitrogens is 3. The molecule has 6 heteroatoms. The van der Waals surface area contributed by atoms with Crippen molar-refractivity contribution in [1.29, 1.82) is 0 Å². The van der Waals surface area contributed by atoms with Crippen molar-refractivity contribution < 1.29 is 4.79 Å². The van der Waals surface area contributed by atoms with E-state index in [0.29, 0.717) is 11.4 Å². The second-order valence-corrected chi connectivity index (χ2v) is 7.16. The van der Waals surface area contributed by atoms with E-state index >= 15 is 0 Å². The molecule has 25 heavy (non-hydrogen) atoms. The number of hydrogen-bond donors (Lipinski definition) is 1. The molecule has 0 spiro atoms. The fraction of sp³-hybridized carbons (Fsp3) is 0.421. The second-order valence-electron chi connectivity index (χ2n) is 7.16. The monoisotopic (exact) mass is 338 g/mol. The van der Waals surface area contributed by atoms with Gasteiger partial charge in [-0.25, -0.2) is 4.68 Å². The van der Waals surface area contributed by atoms with Crippen molar-refractivity contribution in [1.82, 2.24) is 19.7 Å². The summed E-state index contributed by atoms with van der Waals surface area (Å²) in [5, 5.41) is 6.04. The fourth-order valence-electron chi connectivity index (χ4n) is 3.69. The minimum Gasteiger partial charge on any atom is -0.350 e. The second kappa shape index (κ2) is 6.02. The Balaban J connectivity index is 1.69. The van der Waals surface area contributed by atoms with E-state index in [1.165, 1.54) is 4.68 Å². The summed E-state index contributed by atoms with van der Waals surface area (Å²) in [6.45, 7) is 5.71. The van der Waals surface area contributed by atoms with Gasteiger partial charge < -0.3 is 9.88 Å². The highest BCUT2D eigenvalue weighted by Crippen LogP contribution is 2.23. The molecule has 0 saturated carbocycles. The smallest absolute Gasteiger partial charge is 0.291 e. The zero-order valence-electron chi connectivity index (χ0n) is 14.6. The third kappa shape index (κ3) is 2.81. The van der Waals surface area contributed by atoms with Crippen LogP contribution in [0.2, 0.25) is 0 Å². The van der Waals surface area contributed by atoms with Crippen LogP contribution in [0.15, 0.2) is 29.2 Å². The Hall–Kier alpha value is -2.63. The van der Waals surface area contributed by atoms with Gasteiger partial charge in [-0.2, -0.15) is 5.10 Å². The Morgan fingerprint density at radius 2 is 2.20 bits per heavy atom. The topological polar surface area (TPSA) is 71.0 Å². The van der Waals surface area contributed by atoms with Gasteiger partial charge in [-0.3, -0.25) is 9.59 Å². The first-order valence-corrected chi connectivity index (χ1v) is 8.79. The number of aryl methyl sites for hydroxylation is 1. The molecule has 0 bridgehead atoms. The quantitative estimate of drug-likeness (QED) is 0.780. The molecular formula is C19H22N4O2. The van der Waals surface area contributed by atoms with Crippen molar-refractivity contribution in [2.24, 2.45) is 5.92 Å². The van der Waals surface area contributed by atoms with E-state index in [2.05, 4.69) is 17.0 Å². The van der Waals surface area contributed by atoms with Crippen molar-refractivity contribution in [3.63, 3.8) is 0 Å². The predicted molar refractivity (Wildman–Crippen MR) is 97.6 cm³/mol. The molecule has 130 valence electrons. The summed E-state index contributed by atoms with van der Waals surface area (Å²) in [6, 6.07) is 6.01. The molecule has 2 aromatic heterocycles. The Bertz CT molecular complexity index is 1020. The largest absolute Gasteiger partial charge is 0.350 e. The van der Waals surface area contributed by atoms with Crippen molar-refractivity contribution in [3.8, 4) is 0 Å². The van der Waals surface area contributed by atoms with Crippen LogP contribution in [0.1, 0.15) is 25.3 Å². The molecule has 1 N–H and O–H groups in total. The molecule has 1 aliphatic rings. The molecule has 1 aromatic carbocycles. The third-order valence-corrected chi connectivity index (χ3v) is 5.06. The van der Waals surface area contributed by atoms with Gasteiger partial charge >= 0.3 is 0 Å². The van der Waals surface area contributed by atoms with Crippen LogP contribution in [0.25, 0.3) is 21.8 Å². The maximum absolute atomic E-state index is 12.8. The third-order valence-electron chi connectivity index (χ3n) is 5.06. The number of aromatic amines is 1. The van der Waals surface area contributed by atoms with Gasteiger partial charge in [-0.15, -0.1) is 0 Å². The Morgan fingerprint density at radius 1 is 1.36 bits per heavy atom. The molecule has 3 aromatic rings. The Morgan fingerprint density at radius 3 is 3.00 bits per heavy atom. The van der Waals surface area contributed by atoms with E-state index in [9.17, 15) is 9.59 Å². The summed E-state index contributed by atoms with van der Waals surface area (Å²) in [7, 11) is 0. The average molecular weight is 338 g/mol. The fourth-order valence-corrected chi connectivity index (χ4v) is 3.69. The van der Waals surface area contributed by atoms with Crippen molar-refractivity contribution in [3.05, 3.63) is 40.3 Å². The van der Waals surface area contributed by atoms with Crippen LogP contribution in [0.5, 0.6) is 0 Å². The molecule has 6 nitrogen and oxygen atoms in total. The first-order valence-electron chi connectivity index (χ1n) is 8.79. The zero-order chi connectivity index (χ0) is 17.6. The maximum Gasteiger partial charge on any atom is 0.291 e. The van der Waals surface area contributed by atoms with Gasteiger partial charge in [0.2, 0.25) is 5.91 Å². The Labute approximate surface area is 145 Å². The van der Waals surface area contributed by atoms with E-state index in [1.54, 1.807) is 6.20 Å². The number of likely N-dealkylation sites (tertiary alicyclic amines) is 1. The molecule has 1 fully saturated rings. The lowest BCUT2D eigenvalue weighted by molar-refractivity contribution is -0.133. The van der Waals surface area contributed by atoms with Gasteiger partial charge in [0, 0.05) is 29.4 Å². The highest BCUT2D eigenvalue weighted by molar-refractivity contribution is 6.06. The molecule has 1 atom stereocenters. The van der Waals surface area contributed by atoms with Crippen LogP contribution < -0.4 is 5.56 Å². The van der Waals surface area contributed by atoms with Gasteiger partial charge in [0.25, 0.3) is 5.56 Å². The highest BCUT2D eigenvalue weighted by atomic mass is 16.2. The van der Waals surface area contributed by atoms with Gasteiger partial charge in [0.15, 0.2) is 0 Å². The average Bonchev–Trinajstić information content (AvgIpc) is 2.96. The number of carbonyl (C=O) groups is 1. The maximum atomic E-state index is 12.8. The number of rotatable bonds is 2. The number of nitrogens with one attached hydrogen (secondary N) is 1. The molecule has 0 radical (unpaired) electrons. The Kier molecular flexibility index (Phi) is 3.82. The molecule has 3 heterocycles. The van der Waals surface area contributed by atoms with Crippen LogP contribution in [-0.2, 0) is 11.3 Å². The number of benzene rings is 1. The van der Waals surface area contributed by atoms with E-state index in [-0.39, 0.29) is 18.0 Å². The van der Waals surface area contributed by atoms with Crippen molar-refractivity contribution >= 4 is 27.7 Å². The summed E-state index contributed by atoms with van der Waals surface area (Å²) in [4.78, 5) is 30.3. The summed E-state index contributed by atoms with van der Waals surface area (Å²) in [6.07, 6.45) is 3.86. The number of H-pyrrole nitrogens is 1. The molecular weight excluding hydrogens is 316 g/mol. The molecule has 1 aliphatic heterocycles. The van der Waals surface area contributed by atoms with Crippen LogP contribution in [0.3, 0.4) is 0 Å². The zero-order valence-corrected chi connectivity index (χ0v) is 14.6. The molecule has 1 amide bonds. The first kappa shape index (κ1) is 15.9. The standard InChI is InChI=1S/C19H22N4O2/c1-12-5-6-16-14(8-12)15-9-20-23(19(25)18(15)21-16)11-17(24)22-7-3-4-13(2)10-22/h5-6,8-9,13,21H,3-4,7,10-11H2,1-2H3/t13-/m0/s1. The van der Waals surface area contributed by atoms with Crippen LogP contribution >= 0.6 is 0 Å². The lowest BCUT2D eigenvalue weighted by atomic mass is 10.0. The number of piperidine rings is 1. The first-order chi connectivity index (χ1) is 12.0. The minimum atomic E-state index is -0.246. The number of fused-ring (bicyclic) bond motifs is 3. The van der Waals surface area contributed by atoms with E-state index in [1.807, 2.05) is 30.0 Å². The van der Waals surface area contributed by atoms with Crippen LogP contribution in [0.4, 0.5) is 0 Å². The minimum absolute atomic E-state index is 0.00408. The molecule has 0 unspecified atom stereocenters. The number of hydrogen-bond acceptors (Lipinski definition) is 3. The SMILES string of the molecule is Cc1ccc2[nH]c3c(=O)n(CC(=O)N4CCC[C@H](C)C4)ncc3c2c1.